The SMILES string of the molecule is CC(=O)SCC1CC(=O)N(c2cccc(Oc3ccccc3)c2)C1. The van der Waals surface area contributed by atoms with Crippen LogP contribution in [0.1, 0.15) is 13.3 Å². The minimum absolute atomic E-state index is 0.0964. The van der Waals surface area contributed by atoms with Crippen LogP contribution in [0.2, 0.25) is 0 Å². The highest BCUT2D eigenvalue weighted by Crippen LogP contribution is 2.31. The maximum absolute atomic E-state index is 12.3. The monoisotopic (exact) mass is 341 g/mol. The van der Waals surface area contributed by atoms with Crippen LogP contribution in [0.25, 0.3) is 0 Å². The molecule has 2 aromatic carbocycles. The highest BCUT2D eigenvalue weighted by Gasteiger charge is 2.30. The van der Waals surface area contributed by atoms with E-state index in [1.807, 2.05) is 54.6 Å². The summed E-state index contributed by atoms with van der Waals surface area (Å²) < 4.78 is 5.83. The Morgan fingerprint density at radius 3 is 2.67 bits per heavy atom. The number of anilines is 1. The topological polar surface area (TPSA) is 46.6 Å². The van der Waals surface area contributed by atoms with Crippen LogP contribution in [0, 0.1) is 5.92 Å². The molecule has 0 bridgehead atoms. The molecule has 4 nitrogen and oxygen atoms in total. The first-order valence-corrected chi connectivity index (χ1v) is 8.87. The van der Waals surface area contributed by atoms with Gasteiger partial charge in [-0.3, -0.25) is 9.59 Å². The molecule has 1 saturated heterocycles. The second-order valence-corrected chi connectivity index (χ2v) is 6.99. The number of ether oxygens (including phenoxy) is 1. The molecule has 0 saturated carbocycles. The third-order valence-electron chi connectivity index (χ3n) is 3.84. The molecular formula is C19H19NO3S. The number of hydrogen-bond donors (Lipinski definition) is 0. The van der Waals surface area contributed by atoms with Crippen molar-refractivity contribution in [2.24, 2.45) is 5.92 Å². The number of amides is 1. The van der Waals surface area contributed by atoms with Crippen LogP contribution in [0.15, 0.2) is 54.6 Å². The molecule has 1 aliphatic rings. The number of thioether (sulfide) groups is 1. The van der Waals surface area contributed by atoms with Crippen molar-refractivity contribution in [1.29, 1.82) is 0 Å². The van der Waals surface area contributed by atoms with Gasteiger partial charge in [-0.05, 0) is 30.2 Å². The molecule has 3 rings (SSSR count). The Hall–Kier alpha value is -2.27. The highest BCUT2D eigenvalue weighted by atomic mass is 32.2. The second-order valence-electron chi connectivity index (χ2n) is 5.79. The maximum atomic E-state index is 12.3. The van der Waals surface area contributed by atoms with Crippen LogP contribution in [0.4, 0.5) is 5.69 Å². The number of nitrogens with zero attached hydrogens (tertiary/aromatic N) is 1. The molecule has 24 heavy (non-hydrogen) atoms. The average Bonchev–Trinajstić information content (AvgIpc) is 2.95. The first-order chi connectivity index (χ1) is 11.6. The fourth-order valence-electron chi connectivity index (χ4n) is 2.72. The summed E-state index contributed by atoms with van der Waals surface area (Å²) in [6.45, 7) is 2.21. The summed E-state index contributed by atoms with van der Waals surface area (Å²) in [4.78, 5) is 25.2. The van der Waals surface area contributed by atoms with E-state index >= 15 is 0 Å². The van der Waals surface area contributed by atoms with Gasteiger partial charge < -0.3 is 9.64 Å². The Labute approximate surface area is 145 Å². The van der Waals surface area contributed by atoms with E-state index in [1.54, 1.807) is 11.8 Å². The van der Waals surface area contributed by atoms with Crippen LogP contribution in [-0.4, -0.2) is 23.3 Å². The molecule has 1 atom stereocenters. The van der Waals surface area contributed by atoms with Gasteiger partial charge >= 0.3 is 0 Å². The lowest BCUT2D eigenvalue weighted by molar-refractivity contribution is -0.117. The number of hydrogen-bond acceptors (Lipinski definition) is 4. The lowest BCUT2D eigenvalue weighted by Crippen LogP contribution is -2.24. The minimum atomic E-state index is 0.0964. The van der Waals surface area contributed by atoms with Crippen molar-refractivity contribution in [2.75, 3.05) is 17.2 Å². The second kappa shape index (κ2) is 7.53. The largest absolute Gasteiger partial charge is 0.457 e. The van der Waals surface area contributed by atoms with Gasteiger partial charge in [-0.2, -0.15) is 0 Å². The lowest BCUT2D eigenvalue weighted by Gasteiger charge is -2.17. The van der Waals surface area contributed by atoms with Crippen molar-refractivity contribution in [1.82, 2.24) is 0 Å². The zero-order chi connectivity index (χ0) is 16.9. The first-order valence-electron chi connectivity index (χ1n) is 7.88. The van der Waals surface area contributed by atoms with Crippen molar-refractivity contribution < 1.29 is 14.3 Å². The quantitative estimate of drug-likeness (QED) is 0.821. The van der Waals surface area contributed by atoms with Crippen LogP contribution >= 0.6 is 11.8 Å². The smallest absolute Gasteiger partial charge is 0.227 e. The van der Waals surface area contributed by atoms with E-state index in [2.05, 4.69) is 0 Å². The summed E-state index contributed by atoms with van der Waals surface area (Å²) in [5.74, 6) is 2.47. The van der Waals surface area contributed by atoms with Crippen LogP contribution in [-0.2, 0) is 9.59 Å². The van der Waals surface area contributed by atoms with Crippen LogP contribution in [0.5, 0.6) is 11.5 Å². The minimum Gasteiger partial charge on any atom is -0.457 e. The Bertz CT molecular complexity index is 732. The van der Waals surface area contributed by atoms with Gasteiger partial charge in [0.25, 0.3) is 0 Å². The van der Waals surface area contributed by atoms with Crippen LogP contribution in [0.3, 0.4) is 0 Å². The van der Waals surface area contributed by atoms with E-state index in [0.29, 0.717) is 24.5 Å². The summed E-state index contributed by atoms with van der Waals surface area (Å²) in [6.07, 6.45) is 0.490. The van der Waals surface area contributed by atoms with Crippen molar-refractivity contribution in [3.8, 4) is 11.5 Å². The Balaban J connectivity index is 1.69. The first kappa shape index (κ1) is 16.6. The maximum Gasteiger partial charge on any atom is 0.227 e. The molecule has 2 aromatic rings. The Morgan fingerprint density at radius 2 is 1.92 bits per heavy atom. The van der Waals surface area contributed by atoms with E-state index in [9.17, 15) is 9.59 Å². The fourth-order valence-corrected chi connectivity index (χ4v) is 3.41. The van der Waals surface area contributed by atoms with E-state index in [4.69, 9.17) is 4.74 Å². The molecule has 0 spiro atoms. The van der Waals surface area contributed by atoms with E-state index in [1.165, 1.54) is 11.8 Å². The summed E-state index contributed by atoms with van der Waals surface area (Å²) >= 11 is 1.29. The molecule has 5 heteroatoms. The number of rotatable bonds is 5. The number of benzene rings is 2. The van der Waals surface area contributed by atoms with Gasteiger partial charge in [-0.1, -0.05) is 36.0 Å². The van der Waals surface area contributed by atoms with Crippen LogP contribution < -0.4 is 9.64 Å². The molecule has 1 aliphatic heterocycles. The van der Waals surface area contributed by atoms with Gasteiger partial charge in [0.1, 0.15) is 11.5 Å². The molecule has 124 valence electrons. The molecule has 1 amide bonds. The van der Waals surface area contributed by atoms with Crippen molar-refractivity contribution in [3.63, 3.8) is 0 Å². The van der Waals surface area contributed by atoms with Gasteiger partial charge in [0.2, 0.25) is 5.91 Å². The van der Waals surface area contributed by atoms with Crippen molar-refractivity contribution >= 4 is 28.5 Å². The number of carbonyl (C=O) groups excluding carboxylic acids is 2. The Kier molecular flexibility index (Phi) is 5.20. The van der Waals surface area contributed by atoms with Gasteiger partial charge in [-0.15, -0.1) is 0 Å². The van der Waals surface area contributed by atoms with E-state index < -0.39 is 0 Å². The highest BCUT2D eigenvalue weighted by molar-refractivity contribution is 8.13. The average molecular weight is 341 g/mol. The molecule has 0 aliphatic carbocycles. The molecule has 1 unspecified atom stereocenters. The Morgan fingerprint density at radius 1 is 1.17 bits per heavy atom. The summed E-state index contributed by atoms with van der Waals surface area (Å²) in [6, 6.07) is 17.1. The summed E-state index contributed by atoms with van der Waals surface area (Å²) in [7, 11) is 0. The van der Waals surface area contributed by atoms with Gasteiger partial charge in [0.15, 0.2) is 5.12 Å². The molecular weight excluding hydrogens is 322 g/mol. The standard InChI is InChI=1S/C19H19NO3S/c1-14(21)24-13-15-10-19(22)20(12-15)16-6-5-9-18(11-16)23-17-7-3-2-4-8-17/h2-9,11,15H,10,12-13H2,1H3. The molecule has 0 aromatic heterocycles. The predicted octanol–water partition coefficient (Wildman–Crippen LogP) is 4.11. The van der Waals surface area contributed by atoms with E-state index in [0.717, 1.165) is 11.4 Å². The normalized spacial score (nSPS) is 17.1. The third-order valence-corrected chi connectivity index (χ3v) is 4.88. The zero-order valence-corrected chi connectivity index (χ0v) is 14.3. The summed E-state index contributed by atoms with van der Waals surface area (Å²) in [5.41, 5.74) is 0.837. The molecule has 0 radical (unpaired) electrons. The van der Waals surface area contributed by atoms with Crippen molar-refractivity contribution in [2.45, 2.75) is 13.3 Å². The molecule has 1 fully saturated rings. The third kappa shape index (κ3) is 4.17. The van der Waals surface area contributed by atoms with Gasteiger partial charge in [-0.25, -0.2) is 0 Å². The summed E-state index contributed by atoms with van der Waals surface area (Å²) in [5, 5.41) is 0.0964. The van der Waals surface area contributed by atoms with Gasteiger partial charge in [0, 0.05) is 37.4 Å². The van der Waals surface area contributed by atoms with E-state index in [-0.39, 0.29) is 16.9 Å². The number of carbonyl (C=O) groups is 2. The van der Waals surface area contributed by atoms with Crippen molar-refractivity contribution in [3.05, 3.63) is 54.6 Å². The lowest BCUT2D eigenvalue weighted by atomic mass is 10.1. The van der Waals surface area contributed by atoms with Gasteiger partial charge in [0.05, 0.1) is 0 Å². The zero-order valence-electron chi connectivity index (χ0n) is 13.5. The molecule has 0 N–H and O–H groups in total. The number of para-hydroxylation sites is 1. The fraction of sp³-hybridized carbons (Fsp3) is 0.263. The molecule has 1 heterocycles. The predicted molar refractivity (Wildman–Crippen MR) is 96.6 cm³/mol.